The molecule has 2 heterocycles. The summed E-state index contributed by atoms with van der Waals surface area (Å²) in [4.78, 5) is 0.112. The summed E-state index contributed by atoms with van der Waals surface area (Å²) in [5, 5.41) is 7.66. The predicted octanol–water partition coefficient (Wildman–Crippen LogP) is 3.26. The van der Waals surface area contributed by atoms with Gasteiger partial charge in [-0.25, -0.2) is 12.8 Å². The Morgan fingerprint density at radius 3 is 2.44 bits per heavy atom. The third kappa shape index (κ3) is 3.39. The summed E-state index contributed by atoms with van der Waals surface area (Å²) in [6.07, 6.45) is 2.92. The molecule has 2 aromatic carbocycles. The van der Waals surface area contributed by atoms with E-state index in [0.29, 0.717) is 16.9 Å². The van der Waals surface area contributed by atoms with Crippen LogP contribution in [-0.4, -0.2) is 23.0 Å². The van der Waals surface area contributed by atoms with Crippen molar-refractivity contribution in [3.05, 3.63) is 90.6 Å². The van der Waals surface area contributed by atoms with Crippen LogP contribution in [0.4, 0.5) is 10.1 Å². The average molecular weight is 382 g/mol. The number of hydrogen-bond acceptors (Lipinski definition) is 4. The van der Waals surface area contributed by atoms with Crippen molar-refractivity contribution < 1.29 is 12.8 Å². The van der Waals surface area contributed by atoms with Crippen LogP contribution in [-0.2, 0) is 16.6 Å². The van der Waals surface area contributed by atoms with Gasteiger partial charge in [0, 0.05) is 6.20 Å². The first-order chi connectivity index (χ1) is 13.0. The number of sulfonamides is 1. The lowest BCUT2D eigenvalue weighted by Crippen LogP contribution is -2.30. The fraction of sp³-hybridized carbons (Fsp3) is 0.0526. The summed E-state index contributed by atoms with van der Waals surface area (Å²) in [6, 6.07) is 17.7. The van der Waals surface area contributed by atoms with Crippen LogP contribution in [0, 0.1) is 5.82 Å². The molecule has 136 valence electrons. The maximum Gasteiger partial charge on any atom is 0.266 e. The quantitative estimate of drug-likeness (QED) is 0.531. The molecule has 0 unspecified atom stereocenters. The molecule has 0 saturated heterocycles. The third-order valence-corrected chi connectivity index (χ3v) is 5.89. The third-order valence-electron chi connectivity index (χ3n) is 4.14. The predicted molar refractivity (Wildman–Crippen MR) is 99.2 cm³/mol. The Bertz CT molecular complexity index is 1180. The molecule has 0 radical (unpaired) electrons. The van der Waals surface area contributed by atoms with Gasteiger partial charge in [0.1, 0.15) is 17.0 Å². The Morgan fingerprint density at radius 2 is 1.70 bits per heavy atom. The van der Waals surface area contributed by atoms with E-state index in [1.165, 1.54) is 35.0 Å². The van der Waals surface area contributed by atoms with Gasteiger partial charge in [-0.3, -0.25) is 8.71 Å². The highest BCUT2D eigenvalue weighted by molar-refractivity contribution is 7.92. The molecule has 4 rings (SSSR count). The molecule has 0 spiro atoms. The molecule has 6 nitrogen and oxygen atoms in total. The van der Waals surface area contributed by atoms with Crippen molar-refractivity contribution in [2.45, 2.75) is 11.4 Å². The summed E-state index contributed by atoms with van der Waals surface area (Å²) in [6.45, 7) is 0.0762. The van der Waals surface area contributed by atoms with E-state index in [-0.39, 0.29) is 17.3 Å². The number of aromatic nitrogens is 3. The molecule has 0 aliphatic carbocycles. The van der Waals surface area contributed by atoms with Crippen LogP contribution in [0.3, 0.4) is 0 Å². The summed E-state index contributed by atoms with van der Waals surface area (Å²) in [7, 11) is -3.87. The minimum absolute atomic E-state index is 0.0762. The van der Waals surface area contributed by atoms with E-state index in [4.69, 9.17) is 0 Å². The lowest BCUT2D eigenvalue weighted by molar-refractivity contribution is 0.589. The van der Waals surface area contributed by atoms with Crippen LogP contribution in [0.15, 0.2) is 84.1 Å². The van der Waals surface area contributed by atoms with E-state index in [1.807, 2.05) is 6.07 Å². The highest BCUT2D eigenvalue weighted by Gasteiger charge is 2.25. The van der Waals surface area contributed by atoms with Gasteiger partial charge >= 0.3 is 0 Å². The number of pyridine rings is 1. The first-order valence-electron chi connectivity index (χ1n) is 8.16. The molecule has 0 bridgehead atoms. The van der Waals surface area contributed by atoms with E-state index < -0.39 is 10.0 Å². The van der Waals surface area contributed by atoms with Crippen molar-refractivity contribution in [2.75, 3.05) is 4.31 Å². The largest absolute Gasteiger partial charge is 0.288 e. The lowest BCUT2D eigenvalue weighted by atomic mass is 10.2. The second-order valence-corrected chi connectivity index (χ2v) is 7.80. The second kappa shape index (κ2) is 6.81. The normalized spacial score (nSPS) is 11.6. The molecule has 0 fully saturated rings. The van der Waals surface area contributed by atoms with Gasteiger partial charge in [-0.15, -0.1) is 10.2 Å². The number of nitrogens with zero attached hydrogens (tertiary/aromatic N) is 4. The summed E-state index contributed by atoms with van der Waals surface area (Å²) >= 11 is 0. The van der Waals surface area contributed by atoms with Crippen molar-refractivity contribution in [3.63, 3.8) is 0 Å². The smallest absolute Gasteiger partial charge is 0.266 e. The van der Waals surface area contributed by atoms with Gasteiger partial charge < -0.3 is 0 Å². The molecular formula is C19H15FN4O2S. The van der Waals surface area contributed by atoms with Gasteiger partial charge in [-0.1, -0.05) is 30.3 Å². The maximum atomic E-state index is 13.4. The van der Waals surface area contributed by atoms with Gasteiger partial charge in [0.05, 0.1) is 12.2 Å². The Balaban J connectivity index is 1.79. The monoisotopic (exact) mass is 382 g/mol. The SMILES string of the molecule is O=S(=O)(c1ccc2nncn2c1)N(Cc1ccc(F)cc1)c1ccccc1. The second-order valence-electron chi connectivity index (χ2n) is 5.93. The van der Waals surface area contributed by atoms with Gasteiger partial charge in [0.25, 0.3) is 10.0 Å². The number of fused-ring (bicyclic) bond motifs is 1. The number of para-hydroxylation sites is 1. The van der Waals surface area contributed by atoms with E-state index in [9.17, 15) is 12.8 Å². The fourth-order valence-corrected chi connectivity index (χ4v) is 4.21. The highest BCUT2D eigenvalue weighted by Crippen LogP contribution is 2.26. The Hall–Kier alpha value is -3.26. The highest BCUT2D eigenvalue weighted by atomic mass is 32.2. The van der Waals surface area contributed by atoms with Crippen LogP contribution in [0.2, 0.25) is 0 Å². The van der Waals surface area contributed by atoms with Crippen LogP contribution in [0.1, 0.15) is 5.56 Å². The molecule has 8 heteroatoms. The standard InChI is InChI=1S/C19H15FN4O2S/c20-16-8-6-15(7-9-16)12-24(17-4-2-1-3-5-17)27(25,26)18-10-11-19-22-21-14-23(19)13-18/h1-11,13-14H,12H2. The maximum absolute atomic E-state index is 13.4. The lowest BCUT2D eigenvalue weighted by Gasteiger charge is -2.24. The van der Waals surface area contributed by atoms with Crippen molar-refractivity contribution in [1.82, 2.24) is 14.6 Å². The minimum Gasteiger partial charge on any atom is -0.288 e. The molecule has 0 saturated carbocycles. The van der Waals surface area contributed by atoms with Crippen molar-refractivity contribution in [2.24, 2.45) is 0 Å². The molecule has 0 aliphatic rings. The molecule has 2 aromatic heterocycles. The Labute approximate surface area is 155 Å². The van der Waals surface area contributed by atoms with Gasteiger partial charge in [0.15, 0.2) is 5.65 Å². The number of halogens is 1. The fourth-order valence-electron chi connectivity index (χ4n) is 2.75. The Kier molecular flexibility index (Phi) is 4.33. The summed E-state index contributed by atoms with van der Waals surface area (Å²) in [5.41, 5.74) is 1.75. The Morgan fingerprint density at radius 1 is 0.963 bits per heavy atom. The topological polar surface area (TPSA) is 67.6 Å². The van der Waals surface area contributed by atoms with E-state index in [0.717, 1.165) is 0 Å². The molecule has 4 aromatic rings. The van der Waals surface area contributed by atoms with Crippen LogP contribution >= 0.6 is 0 Å². The first-order valence-corrected chi connectivity index (χ1v) is 9.60. The van der Waals surface area contributed by atoms with Crippen molar-refractivity contribution in [1.29, 1.82) is 0 Å². The molecule has 0 amide bonds. The van der Waals surface area contributed by atoms with Gasteiger partial charge in [0.2, 0.25) is 0 Å². The van der Waals surface area contributed by atoms with Crippen molar-refractivity contribution in [3.8, 4) is 0 Å². The van der Waals surface area contributed by atoms with Crippen LogP contribution in [0.5, 0.6) is 0 Å². The van der Waals surface area contributed by atoms with E-state index in [1.54, 1.807) is 46.9 Å². The number of anilines is 1. The number of benzene rings is 2. The number of hydrogen-bond donors (Lipinski definition) is 0. The molecule has 0 N–H and O–H groups in total. The molecular weight excluding hydrogens is 367 g/mol. The van der Waals surface area contributed by atoms with E-state index in [2.05, 4.69) is 10.2 Å². The van der Waals surface area contributed by atoms with E-state index >= 15 is 0 Å². The molecule has 27 heavy (non-hydrogen) atoms. The van der Waals surface area contributed by atoms with Crippen LogP contribution < -0.4 is 4.31 Å². The summed E-state index contributed by atoms with van der Waals surface area (Å²) in [5.74, 6) is -0.370. The zero-order valence-corrected chi connectivity index (χ0v) is 14.9. The summed E-state index contributed by atoms with van der Waals surface area (Å²) < 4.78 is 42.8. The zero-order chi connectivity index (χ0) is 18.9. The average Bonchev–Trinajstić information content (AvgIpc) is 3.16. The molecule has 0 aliphatic heterocycles. The van der Waals surface area contributed by atoms with Gasteiger partial charge in [-0.2, -0.15) is 0 Å². The van der Waals surface area contributed by atoms with Crippen LogP contribution in [0.25, 0.3) is 5.65 Å². The number of rotatable bonds is 5. The zero-order valence-electron chi connectivity index (χ0n) is 14.1. The first kappa shape index (κ1) is 17.2. The minimum atomic E-state index is -3.87. The molecule has 0 atom stereocenters. The van der Waals surface area contributed by atoms with Crippen molar-refractivity contribution >= 4 is 21.4 Å². The van der Waals surface area contributed by atoms with Gasteiger partial charge in [-0.05, 0) is 42.0 Å².